The smallest absolute Gasteiger partial charge is 0.214 e. The molecule has 0 saturated heterocycles. The van der Waals surface area contributed by atoms with Gasteiger partial charge in [-0.25, -0.2) is 9.97 Å². The molecule has 0 atom stereocenters. The molecule has 5 nitrogen and oxygen atoms in total. The molecule has 0 amide bonds. The fourth-order valence-corrected chi connectivity index (χ4v) is 1.58. The van der Waals surface area contributed by atoms with Crippen molar-refractivity contribution in [2.45, 2.75) is 26.3 Å². The van der Waals surface area contributed by atoms with Gasteiger partial charge in [-0.2, -0.15) is 0 Å². The molecule has 0 radical (unpaired) electrons. The van der Waals surface area contributed by atoms with Crippen LogP contribution in [0.5, 0.6) is 0 Å². The molecule has 0 aliphatic heterocycles. The molecule has 16 heavy (non-hydrogen) atoms. The highest BCUT2D eigenvalue weighted by molar-refractivity contribution is 5.02. The Labute approximate surface area is 94.3 Å². The fraction of sp³-hybridized carbons (Fsp3) is 0.455. The lowest BCUT2D eigenvalue weighted by Crippen LogP contribution is -2.09. The maximum Gasteiger partial charge on any atom is 0.214 e. The molecule has 5 heteroatoms. The summed E-state index contributed by atoms with van der Waals surface area (Å²) in [7, 11) is 0. The van der Waals surface area contributed by atoms with E-state index in [2.05, 4.69) is 9.97 Å². The van der Waals surface area contributed by atoms with Crippen molar-refractivity contribution in [3.63, 3.8) is 0 Å². The van der Waals surface area contributed by atoms with E-state index in [-0.39, 0.29) is 0 Å². The summed E-state index contributed by atoms with van der Waals surface area (Å²) in [5, 5.41) is 0. The Morgan fingerprint density at radius 2 is 2.31 bits per heavy atom. The second-order valence-corrected chi connectivity index (χ2v) is 3.63. The number of aromatic nitrogens is 3. The maximum absolute atomic E-state index is 5.55. The number of hydrogen-bond acceptors (Lipinski definition) is 4. The first-order valence-electron chi connectivity index (χ1n) is 5.46. The Balaban J connectivity index is 2.10. The van der Waals surface area contributed by atoms with Crippen molar-refractivity contribution in [2.24, 2.45) is 5.73 Å². The first-order chi connectivity index (χ1) is 7.83. The molecule has 2 N–H and O–H groups in total. The van der Waals surface area contributed by atoms with Crippen LogP contribution in [0.25, 0.3) is 0 Å². The van der Waals surface area contributed by atoms with Gasteiger partial charge in [0.2, 0.25) is 5.89 Å². The number of imidazole rings is 1. The van der Waals surface area contributed by atoms with Crippen LogP contribution in [0, 0.1) is 0 Å². The van der Waals surface area contributed by atoms with Gasteiger partial charge in [-0.1, -0.05) is 6.92 Å². The van der Waals surface area contributed by atoms with Crippen LogP contribution in [-0.2, 0) is 19.4 Å². The summed E-state index contributed by atoms with van der Waals surface area (Å²) in [4.78, 5) is 8.32. The highest BCUT2D eigenvalue weighted by atomic mass is 16.4. The average Bonchev–Trinajstić information content (AvgIpc) is 2.90. The summed E-state index contributed by atoms with van der Waals surface area (Å²) < 4.78 is 7.56. The Bertz CT molecular complexity index is 446. The number of rotatable bonds is 5. The largest absolute Gasteiger partial charge is 0.444 e. The Kier molecular flexibility index (Phi) is 3.36. The average molecular weight is 220 g/mol. The van der Waals surface area contributed by atoms with Crippen molar-refractivity contribution in [1.82, 2.24) is 14.5 Å². The Morgan fingerprint density at radius 3 is 3.00 bits per heavy atom. The summed E-state index contributed by atoms with van der Waals surface area (Å²) >= 11 is 0. The van der Waals surface area contributed by atoms with Crippen LogP contribution >= 0.6 is 0 Å². The third kappa shape index (κ3) is 2.30. The van der Waals surface area contributed by atoms with Crippen molar-refractivity contribution < 1.29 is 4.42 Å². The van der Waals surface area contributed by atoms with Crippen molar-refractivity contribution in [2.75, 3.05) is 6.54 Å². The van der Waals surface area contributed by atoms with Crippen molar-refractivity contribution in [3.05, 3.63) is 36.1 Å². The van der Waals surface area contributed by atoms with E-state index < -0.39 is 0 Å². The highest BCUT2D eigenvalue weighted by Crippen LogP contribution is 2.08. The van der Waals surface area contributed by atoms with Crippen molar-refractivity contribution in [3.8, 4) is 0 Å². The minimum absolute atomic E-state index is 0.620. The molecular formula is C11H16N4O. The molecule has 2 heterocycles. The number of nitrogens with zero attached hydrogens (tertiary/aromatic N) is 3. The first-order valence-corrected chi connectivity index (χ1v) is 5.46. The molecule has 2 rings (SSSR count). The summed E-state index contributed by atoms with van der Waals surface area (Å²) in [6.45, 7) is 3.29. The van der Waals surface area contributed by atoms with Gasteiger partial charge in [0.15, 0.2) is 0 Å². The molecule has 0 aromatic carbocycles. The van der Waals surface area contributed by atoms with E-state index in [1.54, 1.807) is 12.5 Å². The van der Waals surface area contributed by atoms with Gasteiger partial charge in [-0.05, 0) is 6.54 Å². The standard InChI is InChI=1S/C11H16N4O/c1-2-10-6-14-11(16-10)7-15-8-13-5-9(15)3-4-12/h5-6,8H,2-4,7,12H2,1H3. The quantitative estimate of drug-likeness (QED) is 0.815. The van der Waals surface area contributed by atoms with Crippen LogP contribution < -0.4 is 5.73 Å². The zero-order valence-electron chi connectivity index (χ0n) is 9.39. The van der Waals surface area contributed by atoms with E-state index in [1.807, 2.05) is 17.7 Å². The number of hydrogen-bond donors (Lipinski definition) is 1. The van der Waals surface area contributed by atoms with E-state index in [9.17, 15) is 0 Å². The second kappa shape index (κ2) is 4.94. The third-order valence-electron chi connectivity index (χ3n) is 2.45. The summed E-state index contributed by atoms with van der Waals surface area (Å²) in [5.41, 5.74) is 6.64. The molecule has 0 spiro atoms. The lowest BCUT2D eigenvalue weighted by atomic mass is 10.3. The van der Waals surface area contributed by atoms with E-state index in [0.29, 0.717) is 19.0 Å². The van der Waals surface area contributed by atoms with Crippen molar-refractivity contribution in [1.29, 1.82) is 0 Å². The fourth-order valence-electron chi connectivity index (χ4n) is 1.58. The predicted molar refractivity (Wildman–Crippen MR) is 60.0 cm³/mol. The lowest BCUT2D eigenvalue weighted by Gasteiger charge is -2.03. The highest BCUT2D eigenvalue weighted by Gasteiger charge is 2.06. The van der Waals surface area contributed by atoms with Gasteiger partial charge in [-0.3, -0.25) is 0 Å². The molecule has 2 aromatic rings. The van der Waals surface area contributed by atoms with Gasteiger partial charge in [-0.15, -0.1) is 0 Å². The predicted octanol–water partition coefficient (Wildman–Crippen LogP) is 0.983. The van der Waals surface area contributed by atoms with E-state index >= 15 is 0 Å². The van der Waals surface area contributed by atoms with Gasteiger partial charge in [0.25, 0.3) is 0 Å². The van der Waals surface area contributed by atoms with Gasteiger partial charge in [0, 0.05) is 24.7 Å². The molecule has 0 unspecified atom stereocenters. The SMILES string of the molecule is CCc1cnc(Cn2cncc2CCN)o1. The van der Waals surface area contributed by atoms with Crippen molar-refractivity contribution >= 4 is 0 Å². The summed E-state index contributed by atoms with van der Waals surface area (Å²) in [6.07, 6.45) is 7.07. The summed E-state index contributed by atoms with van der Waals surface area (Å²) in [6, 6.07) is 0. The zero-order valence-corrected chi connectivity index (χ0v) is 9.39. The first kappa shape index (κ1) is 10.9. The van der Waals surface area contributed by atoms with Crippen LogP contribution in [0.15, 0.2) is 23.1 Å². The number of oxazole rings is 1. The molecule has 0 fully saturated rings. The van der Waals surface area contributed by atoms with E-state index in [0.717, 1.165) is 24.3 Å². The normalized spacial score (nSPS) is 10.9. The van der Waals surface area contributed by atoms with E-state index in [1.165, 1.54) is 0 Å². The summed E-state index contributed by atoms with van der Waals surface area (Å²) in [5.74, 6) is 1.63. The van der Waals surface area contributed by atoms with Gasteiger partial charge < -0.3 is 14.7 Å². The van der Waals surface area contributed by atoms with Crippen LogP contribution in [0.1, 0.15) is 24.3 Å². The molecular weight excluding hydrogens is 204 g/mol. The van der Waals surface area contributed by atoms with Crippen LogP contribution in [-0.4, -0.2) is 21.1 Å². The second-order valence-electron chi connectivity index (χ2n) is 3.63. The van der Waals surface area contributed by atoms with Gasteiger partial charge in [0.05, 0.1) is 12.5 Å². The van der Waals surface area contributed by atoms with Crippen LogP contribution in [0.4, 0.5) is 0 Å². The van der Waals surface area contributed by atoms with Gasteiger partial charge >= 0.3 is 0 Å². The molecule has 0 aliphatic carbocycles. The molecule has 0 bridgehead atoms. The minimum Gasteiger partial charge on any atom is -0.444 e. The molecule has 0 saturated carbocycles. The topological polar surface area (TPSA) is 69.9 Å². The lowest BCUT2D eigenvalue weighted by molar-refractivity contribution is 0.443. The Hall–Kier alpha value is -1.62. The third-order valence-corrected chi connectivity index (χ3v) is 2.45. The van der Waals surface area contributed by atoms with E-state index in [4.69, 9.17) is 10.2 Å². The van der Waals surface area contributed by atoms with Gasteiger partial charge in [0.1, 0.15) is 12.3 Å². The maximum atomic E-state index is 5.55. The zero-order chi connectivity index (χ0) is 11.4. The minimum atomic E-state index is 0.620. The van der Waals surface area contributed by atoms with Crippen LogP contribution in [0.3, 0.4) is 0 Å². The number of aryl methyl sites for hydroxylation is 1. The molecule has 2 aromatic heterocycles. The van der Waals surface area contributed by atoms with Crippen LogP contribution in [0.2, 0.25) is 0 Å². The molecule has 86 valence electrons. The monoisotopic (exact) mass is 220 g/mol. The number of nitrogens with two attached hydrogens (primary N) is 1. The Morgan fingerprint density at radius 1 is 1.44 bits per heavy atom. The molecule has 0 aliphatic rings.